The summed E-state index contributed by atoms with van der Waals surface area (Å²) in [6, 6.07) is 9.95. The molecule has 0 unspecified atom stereocenters. The van der Waals surface area contributed by atoms with Crippen LogP contribution in [0.25, 0.3) is 0 Å². The number of pyridine rings is 1. The Morgan fingerprint density at radius 3 is 2.33 bits per heavy atom. The summed E-state index contributed by atoms with van der Waals surface area (Å²) < 4.78 is 1.81. The maximum Gasteiger partial charge on any atom is 0.254 e. The van der Waals surface area contributed by atoms with Crippen molar-refractivity contribution in [1.29, 1.82) is 0 Å². The average Bonchev–Trinajstić information content (AvgIpc) is 3.29. The summed E-state index contributed by atoms with van der Waals surface area (Å²) in [5.74, 6) is 0.0799. The van der Waals surface area contributed by atoms with Gasteiger partial charge < -0.3 is 4.90 Å². The van der Waals surface area contributed by atoms with Crippen molar-refractivity contribution in [3.63, 3.8) is 0 Å². The van der Waals surface area contributed by atoms with Crippen LogP contribution in [-0.4, -0.2) is 21.8 Å². The van der Waals surface area contributed by atoms with Gasteiger partial charge in [-0.1, -0.05) is 31.9 Å². The van der Waals surface area contributed by atoms with Gasteiger partial charge in [0.15, 0.2) is 0 Å². The first kappa shape index (κ1) is 14.7. The van der Waals surface area contributed by atoms with Crippen molar-refractivity contribution < 1.29 is 4.79 Å². The molecule has 1 aliphatic carbocycles. The summed E-state index contributed by atoms with van der Waals surface area (Å²) in [7, 11) is 0. The Bertz CT molecular complexity index is 636. The van der Waals surface area contributed by atoms with Crippen LogP contribution in [-0.2, 0) is 6.54 Å². The van der Waals surface area contributed by atoms with E-state index in [9.17, 15) is 4.79 Å². The minimum atomic E-state index is 0.0799. The van der Waals surface area contributed by atoms with Crippen molar-refractivity contribution in [2.24, 2.45) is 0 Å². The molecule has 0 saturated heterocycles. The van der Waals surface area contributed by atoms with E-state index in [2.05, 4.69) is 36.8 Å². The van der Waals surface area contributed by atoms with Gasteiger partial charge in [0.1, 0.15) is 0 Å². The molecule has 2 aromatic rings. The molecule has 0 N–H and O–H groups in total. The Labute approximate surface area is 140 Å². The molecule has 1 saturated carbocycles. The summed E-state index contributed by atoms with van der Waals surface area (Å²) in [6.07, 6.45) is 5.71. The largest absolute Gasteiger partial charge is 0.331 e. The minimum absolute atomic E-state index is 0.0799. The number of hydrogen-bond acceptors (Lipinski definition) is 2. The SMILES string of the molecule is O=C(c1cc(Br)cc(Br)c1)N(Cc1ccncc1)C1CC1. The maximum absolute atomic E-state index is 12.8. The van der Waals surface area contributed by atoms with Crippen molar-refractivity contribution in [2.75, 3.05) is 0 Å². The van der Waals surface area contributed by atoms with Gasteiger partial charge in [-0.25, -0.2) is 0 Å². The fourth-order valence-electron chi connectivity index (χ4n) is 2.28. The zero-order chi connectivity index (χ0) is 14.8. The number of carbonyl (C=O) groups excluding carboxylic acids is 1. The molecule has 0 radical (unpaired) electrons. The van der Waals surface area contributed by atoms with Gasteiger partial charge in [-0.3, -0.25) is 9.78 Å². The van der Waals surface area contributed by atoms with E-state index in [1.165, 1.54) is 0 Å². The molecule has 1 fully saturated rings. The predicted molar refractivity (Wildman–Crippen MR) is 89.0 cm³/mol. The fraction of sp³-hybridized carbons (Fsp3) is 0.250. The second-order valence-corrected chi connectivity index (χ2v) is 7.01. The van der Waals surface area contributed by atoms with Gasteiger partial charge in [0.2, 0.25) is 0 Å². The predicted octanol–water partition coefficient (Wildman–Crippen LogP) is 4.41. The van der Waals surface area contributed by atoms with Gasteiger partial charge in [0.25, 0.3) is 5.91 Å². The number of rotatable bonds is 4. The Morgan fingerprint density at radius 2 is 1.76 bits per heavy atom. The molecule has 21 heavy (non-hydrogen) atoms. The van der Waals surface area contributed by atoms with E-state index in [4.69, 9.17) is 0 Å². The maximum atomic E-state index is 12.8. The number of nitrogens with zero attached hydrogens (tertiary/aromatic N) is 2. The third-order valence-corrected chi connectivity index (χ3v) is 4.38. The minimum Gasteiger partial charge on any atom is -0.331 e. The third kappa shape index (κ3) is 3.71. The lowest BCUT2D eigenvalue weighted by molar-refractivity contribution is 0.0729. The molecule has 108 valence electrons. The number of carbonyl (C=O) groups is 1. The molecule has 1 aromatic heterocycles. The van der Waals surface area contributed by atoms with Crippen LogP contribution in [0.5, 0.6) is 0 Å². The molecular formula is C16H14Br2N2O. The van der Waals surface area contributed by atoms with Crippen LogP contribution in [0.2, 0.25) is 0 Å². The highest BCUT2D eigenvalue weighted by molar-refractivity contribution is 9.11. The van der Waals surface area contributed by atoms with Gasteiger partial charge in [-0.05, 0) is 48.7 Å². The molecule has 1 aliphatic rings. The van der Waals surface area contributed by atoms with Crippen LogP contribution in [0.4, 0.5) is 0 Å². The fourth-order valence-corrected chi connectivity index (χ4v) is 3.57. The molecule has 0 aliphatic heterocycles. The van der Waals surface area contributed by atoms with Gasteiger partial charge >= 0.3 is 0 Å². The highest BCUT2D eigenvalue weighted by Crippen LogP contribution is 2.31. The van der Waals surface area contributed by atoms with Crippen molar-refractivity contribution in [1.82, 2.24) is 9.88 Å². The molecule has 0 spiro atoms. The third-order valence-electron chi connectivity index (χ3n) is 3.46. The van der Waals surface area contributed by atoms with Crippen LogP contribution in [0.3, 0.4) is 0 Å². The lowest BCUT2D eigenvalue weighted by Gasteiger charge is -2.23. The second kappa shape index (κ2) is 6.28. The molecule has 1 aromatic carbocycles. The van der Waals surface area contributed by atoms with E-state index in [-0.39, 0.29) is 5.91 Å². The van der Waals surface area contributed by atoms with E-state index >= 15 is 0 Å². The standard InChI is InChI=1S/C16H14Br2N2O/c17-13-7-12(8-14(18)9-13)16(21)20(15-1-2-15)10-11-3-5-19-6-4-11/h3-9,15H,1-2,10H2. The van der Waals surface area contributed by atoms with Crippen molar-refractivity contribution in [2.45, 2.75) is 25.4 Å². The van der Waals surface area contributed by atoms with Crippen LogP contribution in [0.1, 0.15) is 28.8 Å². The normalized spacial score (nSPS) is 14.0. The van der Waals surface area contributed by atoms with Gasteiger partial charge in [-0.2, -0.15) is 0 Å². The van der Waals surface area contributed by atoms with E-state index < -0.39 is 0 Å². The number of aromatic nitrogens is 1. The van der Waals surface area contributed by atoms with E-state index in [1.807, 2.05) is 35.2 Å². The first-order valence-corrected chi connectivity index (χ1v) is 8.38. The zero-order valence-corrected chi connectivity index (χ0v) is 14.5. The Kier molecular flexibility index (Phi) is 4.40. The highest BCUT2D eigenvalue weighted by Gasteiger charge is 2.33. The smallest absolute Gasteiger partial charge is 0.254 e. The van der Waals surface area contributed by atoms with Crippen LogP contribution in [0, 0.1) is 0 Å². The Hall–Kier alpha value is -1.20. The van der Waals surface area contributed by atoms with Gasteiger partial charge in [0, 0.05) is 39.5 Å². The summed E-state index contributed by atoms with van der Waals surface area (Å²) in [4.78, 5) is 18.8. The molecular weight excluding hydrogens is 396 g/mol. The van der Waals surface area contributed by atoms with Crippen molar-refractivity contribution in [3.8, 4) is 0 Å². The molecule has 0 atom stereocenters. The molecule has 3 rings (SSSR count). The summed E-state index contributed by atoms with van der Waals surface area (Å²) in [5.41, 5.74) is 1.82. The lowest BCUT2D eigenvalue weighted by Crippen LogP contribution is -2.32. The Morgan fingerprint density at radius 1 is 1.14 bits per heavy atom. The van der Waals surface area contributed by atoms with Crippen LogP contribution in [0.15, 0.2) is 51.7 Å². The number of amides is 1. The molecule has 3 nitrogen and oxygen atoms in total. The summed E-state index contributed by atoms with van der Waals surface area (Å²) >= 11 is 6.88. The monoisotopic (exact) mass is 408 g/mol. The summed E-state index contributed by atoms with van der Waals surface area (Å²) in [6.45, 7) is 0.635. The van der Waals surface area contributed by atoms with Crippen molar-refractivity contribution in [3.05, 3.63) is 62.8 Å². The first-order chi connectivity index (χ1) is 10.1. The zero-order valence-electron chi connectivity index (χ0n) is 11.3. The second-order valence-electron chi connectivity index (χ2n) is 5.18. The first-order valence-electron chi connectivity index (χ1n) is 6.79. The van der Waals surface area contributed by atoms with Gasteiger partial charge in [-0.15, -0.1) is 0 Å². The van der Waals surface area contributed by atoms with Crippen molar-refractivity contribution >= 4 is 37.8 Å². The van der Waals surface area contributed by atoms with E-state index in [0.717, 1.165) is 27.4 Å². The van der Waals surface area contributed by atoms with E-state index in [0.29, 0.717) is 18.2 Å². The molecule has 1 heterocycles. The molecule has 0 bridgehead atoms. The molecule has 1 amide bonds. The summed E-state index contributed by atoms with van der Waals surface area (Å²) in [5, 5.41) is 0. The van der Waals surface area contributed by atoms with Crippen LogP contribution >= 0.6 is 31.9 Å². The Balaban J connectivity index is 1.85. The highest BCUT2D eigenvalue weighted by atomic mass is 79.9. The van der Waals surface area contributed by atoms with Crippen LogP contribution < -0.4 is 0 Å². The average molecular weight is 410 g/mol. The quantitative estimate of drug-likeness (QED) is 0.749. The lowest BCUT2D eigenvalue weighted by atomic mass is 10.1. The van der Waals surface area contributed by atoms with Gasteiger partial charge in [0.05, 0.1) is 0 Å². The topological polar surface area (TPSA) is 33.2 Å². The number of halogens is 2. The van der Waals surface area contributed by atoms with E-state index in [1.54, 1.807) is 12.4 Å². The molecule has 5 heteroatoms. The number of hydrogen-bond donors (Lipinski definition) is 0. The number of benzene rings is 1.